The van der Waals surface area contributed by atoms with Gasteiger partial charge in [-0.2, -0.15) is 0 Å². The van der Waals surface area contributed by atoms with Gasteiger partial charge in [0.05, 0.1) is 20.8 Å². The highest BCUT2D eigenvalue weighted by molar-refractivity contribution is 5.43. The van der Waals surface area contributed by atoms with E-state index in [9.17, 15) is 10.2 Å². The maximum atomic E-state index is 9.81. The highest BCUT2D eigenvalue weighted by atomic mass is 16.7. The molecule has 3 unspecified atom stereocenters. The summed E-state index contributed by atoms with van der Waals surface area (Å²) in [5, 5.41) is 19.6. The van der Waals surface area contributed by atoms with E-state index in [-0.39, 0.29) is 29.6 Å². The van der Waals surface area contributed by atoms with Crippen LogP contribution in [0.4, 0.5) is 0 Å². The van der Waals surface area contributed by atoms with Gasteiger partial charge in [0.15, 0.2) is 29.3 Å². The minimum absolute atomic E-state index is 0.125. The molecule has 1 fully saturated rings. The van der Waals surface area contributed by atoms with Gasteiger partial charge in [-0.15, -0.1) is 0 Å². The van der Waals surface area contributed by atoms with Crippen LogP contribution in [0.2, 0.25) is 0 Å². The summed E-state index contributed by atoms with van der Waals surface area (Å²) in [5.74, 6) is 1.59. The number of phenolic OH excluding ortho intramolecular Hbond substituents is 2. The molecule has 0 radical (unpaired) electrons. The lowest BCUT2D eigenvalue weighted by molar-refractivity contribution is -0.110. The summed E-state index contributed by atoms with van der Waals surface area (Å²) in [6.45, 7) is 0.599. The number of phenols is 2. The van der Waals surface area contributed by atoms with E-state index >= 15 is 0 Å². The Kier molecular flexibility index (Phi) is 6.08. The SMILES string of the molecule is COc1cc(CC2COC(OC)C2Cc2ccc(O)c(OC)c2)ccc1O. The van der Waals surface area contributed by atoms with Crippen LogP contribution < -0.4 is 9.47 Å². The van der Waals surface area contributed by atoms with Gasteiger partial charge < -0.3 is 29.2 Å². The van der Waals surface area contributed by atoms with Gasteiger partial charge in [0.1, 0.15) is 0 Å². The van der Waals surface area contributed by atoms with Crippen molar-refractivity contribution >= 4 is 0 Å². The Morgan fingerprint density at radius 3 is 1.96 bits per heavy atom. The van der Waals surface area contributed by atoms with Crippen LogP contribution >= 0.6 is 0 Å². The fraction of sp³-hybridized carbons (Fsp3) is 0.429. The second kappa shape index (κ2) is 8.50. The van der Waals surface area contributed by atoms with Gasteiger partial charge in [-0.05, 0) is 54.2 Å². The molecule has 146 valence electrons. The largest absolute Gasteiger partial charge is 0.504 e. The predicted octanol–water partition coefficient (Wildman–Crippen LogP) is 3.14. The molecule has 0 aliphatic carbocycles. The molecule has 0 saturated carbocycles. The van der Waals surface area contributed by atoms with Crippen molar-refractivity contribution in [3.63, 3.8) is 0 Å². The molecule has 27 heavy (non-hydrogen) atoms. The van der Waals surface area contributed by atoms with Gasteiger partial charge in [-0.3, -0.25) is 0 Å². The Morgan fingerprint density at radius 2 is 1.44 bits per heavy atom. The van der Waals surface area contributed by atoms with Crippen molar-refractivity contribution in [1.29, 1.82) is 0 Å². The van der Waals surface area contributed by atoms with Crippen LogP contribution in [0.15, 0.2) is 36.4 Å². The summed E-state index contributed by atoms with van der Waals surface area (Å²) in [6.07, 6.45) is 1.25. The van der Waals surface area contributed by atoms with Gasteiger partial charge in [0, 0.05) is 13.0 Å². The molecular weight excluding hydrogens is 348 g/mol. The summed E-state index contributed by atoms with van der Waals surface area (Å²) in [6, 6.07) is 10.8. The minimum atomic E-state index is -0.284. The van der Waals surface area contributed by atoms with Gasteiger partial charge in [0.2, 0.25) is 0 Å². The van der Waals surface area contributed by atoms with Gasteiger partial charge in [-0.1, -0.05) is 12.1 Å². The third kappa shape index (κ3) is 4.28. The number of benzene rings is 2. The molecule has 2 aromatic carbocycles. The number of aromatic hydroxyl groups is 2. The molecule has 3 atom stereocenters. The van der Waals surface area contributed by atoms with Gasteiger partial charge >= 0.3 is 0 Å². The maximum Gasteiger partial charge on any atom is 0.160 e. The molecule has 0 bridgehead atoms. The Hall–Kier alpha value is -2.44. The van der Waals surface area contributed by atoms with Crippen molar-refractivity contribution in [3.05, 3.63) is 47.5 Å². The number of hydrogen-bond donors (Lipinski definition) is 2. The van der Waals surface area contributed by atoms with Crippen LogP contribution in [0.25, 0.3) is 0 Å². The number of ether oxygens (including phenoxy) is 4. The Labute approximate surface area is 159 Å². The molecule has 1 heterocycles. The lowest BCUT2D eigenvalue weighted by Crippen LogP contribution is -2.25. The molecule has 1 saturated heterocycles. The van der Waals surface area contributed by atoms with Crippen molar-refractivity contribution in [2.45, 2.75) is 19.1 Å². The fourth-order valence-electron chi connectivity index (χ4n) is 3.68. The van der Waals surface area contributed by atoms with E-state index in [0.717, 1.165) is 24.0 Å². The molecular formula is C21H26O6. The van der Waals surface area contributed by atoms with Crippen molar-refractivity contribution in [2.75, 3.05) is 27.9 Å². The standard InChI is InChI=1S/C21H26O6/c1-24-19-10-13(4-6-17(19)22)8-15-12-27-21(26-3)16(15)9-14-5-7-18(23)20(11-14)25-2/h4-7,10-11,15-16,21-23H,8-9,12H2,1-3H3. The smallest absolute Gasteiger partial charge is 0.160 e. The van der Waals surface area contributed by atoms with Crippen LogP contribution in [-0.2, 0) is 22.3 Å². The van der Waals surface area contributed by atoms with E-state index in [1.807, 2.05) is 24.3 Å². The molecule has 0 spiro atoms. The second-order valence-corrected chi connectivity index (χ2v) is 6.78. The highest BCUT2D eigenvalue weighted by Gasteiger charge is 2.37. The first-order valence-electron chi connectivity index (χ1n) is 8.91. The lowest BCUT2D eigenvalue weighted by atomic mass is 9.84. The van der Waals surface area contributed by atoms with Crippen molar-refractivity contribution in [2.24, 2.45) is 11.8 Å². The molecule has 2 aromatic rings. The number of hydrogen-bond acceptors (Lipinski definition) is 6. The number of rotatable bonds is 7. The summed E-state index contributed by atoms with van der Waals surface area (Å²) < 4.78 is 21.8. The average Bonchev–Trinajstić information content (AvgIpc) is 3.06. The fourth-order valence-corrected chi connectivity index (χ4v) is 3.68. The predicted molar refractivity (Wildman–Crippen MR) is 100 cm³/mol. The molecule has 0 amide bonds. The first-order valence-corrected chi connectivity index (χ1v) is 8.91. The quantitative estimate of drug-likeness (QED) is 0.775. The third-order valence-corrected chi connectivity index (χ3v) is 5.12. The van der Waals surface area contributed by atoms with Crippen molar-refractivity contribution in [1.82, 2.24) is 0 Å². The Balaban J connectivity index is 1.78. The minimum Gasteiger partial charge on any atom is -0.504 e. The van der Waals surface area contributed by atoms with Crippen LogP contribution in [0.1, 0.15) is 11.1 Å². The molecule has 2 N–H and O–H groups in total. The maximum absolute atomic E-state index is 9.81. The molecule has 3 rings (SSSR count). The zero-order valence-corrected chi connectivity index (χ0v) is 15.8. The molecule has 6 heteroatoms. The highest BCUT2D eigenvalue weighted by Crippen LogP contribution is 2.36. The van der Waals surface area contributed by atoms with E-state index in [2.05, 4.69) is 0 Å². The summed E-state index contributed by atoms with van der Waals surface area (Å²) in [7, 11) is 4.73. The van der Waals surface area contributed by atoms with E-state index in [0.29, 0.717) is 18.1 Å². The molecule has 0 aromatic heterocycles. The Bertz CT molecular complexity index is 775. The Morgan fingerprint density at radius 1 is 0.889 bits per heavy atom. The molecule has 6 nitrogen and oxygen atoms in total. The third-order valence-electron chi connectivity index (χ3n) is 5.12. The van der Waals surface area contributed by atoms with E-state index in [1.165, 1.54) is 7.11 Å². The topological polar surface area (TPSA) is 77.4 Å². The van der Waals surface area contributed by atoms with Crippen LogP contribution in [-0.4, -0.2) is 44.4 Å². The number of methoxy groups -OCH3 is 3. The van der Waals surface area contributed by atoms with Gasteiger partial charge in [-0.25, -0.2) is 0 Å². The van der Waals surface area contributed by atoms with Crippen LogP contribution in [0.5, 0.6) is 23.0 Å². The molecule has 1 aliphatic rings. The zero-order valence-electron chi connectivity index (χ0n) is 15.8. The zero-order chi connectivity index (χ0) is 19.4. The summed E-state index contributed by atoms with van der Waals surface area (Å²) >= 11 is 0. The van der Waals surface area contributed by atoms with Gasteiger partial charge in [0.25, 0.3) is 0 Å². The normalized spacial score (nSPS) is 22.0. The molecule has 1 aliphatic heterocycles. The second-order valence-electron chi connectivity index (χ2n) is 6.78. The van der Waals surface area contributed by atoms with Crippen LogP contribution in [0.3, 0.4) is 0 Å². The van der Waals surface area contributed by atoms with E-state index in [4.69, 9.17) is 18.9 Å². The summed E-state index contributed by atoms with van der Waals surface area (Å²) in [5.41, 5.74) is 2.12. The lowest BCUT2D eigenvalue weighted by Gasteiger charge is -2.22. The first-order chi connectivity index (χ1) is 13.0. The van der Waals surface area contributed by atoms with E-state index < -0.39 is 0 Å². The van der Waals surface area contributed by atoms with Crippen molar-refractivity contribution in [3.8, 4) is 23.0 Å². The van der Waals surface area contributed by atoms with Crippen LogP contribution in [0, 0.1) is 11.8 Å². The average molecular weight is 374 g/mol. The summed E-state index contributed by atoms with van der Waals surface area (Å²) in [4.78, 5) is 0. The van der Waals surface area contributed by atoms with Crippen molar-refractivity contribution < 1.29 is 29.2 Å². The first kappa shape index (κ1) is 19.3. The monoisotopic (exact) mass is 374 g/mol. The van der Waals surface area contributed by atoms with E-state index in [1.54, 1.807) is 26.4 Å².